The molecule has 0 saturated heterocycles. The molecule has 0 saturated carbocycles. The first-order chi connectivity index (χ1) is 15.4. The first-order valence-corrected chi connectivity index (χ1v) is 9.50. The highest BCUT2D eigenvalue weighted by Gasteiger charge is 2.22. The van der Waals surface area contributed by atoms with Gasteiger partial charge >= 0.3 is 0 Å². The third-order valence-electron chi connectivity index (χ3n) is 4.96. The zero-order valence-electron chi connectivity index (χ0n) is 16.5. The van der Waals surface area contributed by atoms with Crippen LogP contribution in [0, 0.1) is 17.5 Å². The van der Waals surface area contributed by atoms with Gasteiger partial charge in [0.1, 0.15) is 35.1 Å². The molecule has 0 fully saturated rings. The minimum atomic E-state index is -0.837. The fraction of sp³-hybridized carbons (Fsp3) is 0.0952. The van der Waals surface area contributed by atoms with Gasteiger partial charge in [0, 0.05) is 6.07 Å². The Morgan fingerprint density at radius 2 is 1.81 bits per heavy atom. The quantitative estimate of drug-likeness (QED) is 0.445. The van der Waals surface area contributed by atoms with Gasteiger partial charge in [0.05, 0.1) is 29.0 Å². The zero-order valence-corrected chi connectivity index (χ0v) is 16.5. The van der Waals surface area contributed by atoms with Crippen molar-refractivity contribution in [3.8, 4) is 5.69 Å². The van der Waals surface area contributed by atoms with Gasteiger partial charge in [-0.1, -0.05) is 0 Å². The molecule has 0 aliphatic carbocycles. The van der Waals surface area contributed by atoms with E-state index in [0.717, 1.165) is 28.8 Å². The van der Waals surface area contributed by atoms with E-state index in [9.17, 15) is 18.0 Å². The lowest BCUT2D eigenvalue weighted by Gasteiger charge is -2.20. The van der Waals surface area contributed by atoms with E-state index in [1.54, 1.807) is 6.92 Å². The Kier molecular flexibility index (Phi) is 4.58. The highest BCUT2D eigenvalue weighted by Crippen LogP contribution is 2.25. The van der Waals surface area contributed by atoms with Gasteiger partial charge in [-0.15, -0.1) is 0 Å². The largest absolute Gasteiger partial charge is 0.358 e. The van der Waals surface area contributed by atoms with Crippen molar-refractivity contribution >= 4 is 27.9 Å². The van der Waals surface area contributed by atoms with Crippen LogP contribution in [0.15, 0.2) is 53.8 Å². The second-order valence-corrected chi connectivity index (χ2v) is 7.06. The molecule has 8 nitrogen and oxygen atoms in total. The van der Waals surface area contributed by atoms with E-state index in [0.29, 0.717) is 17.0 Å². The van der Waals surface area contributed by atoms with Gasteiger partial charge in [0.2, 0.25) is 0 Å². The topological polar surface area (TPSA) is 101 Å². The molecule has 0 spiro atoms. The average Bonchev–Trinajstić information content (AvgIpc) is 3.26. The molecule has 0 aliphatic rings. The van der Waals surface area contributed by atoms with Crippen molar-refractivity contribution in [2.24, 2.45) is 0 Å². The summed E-state index contributed by atoms with van der Waals surface area (Å²) in [4.78, 5) is 33.0. The molecule has 3 heterocycles. The van der Waals surface area contributed by atoms with Gasteiger partial charge in [0.25, 0.3) is 5.56 Å². The van der Waals surface area contributed by atoms with Crippen molar-refractivity contribution in [1.29, 1.82) is 0 Å². The van der Waals surface area contributed by atoms with E-state index in [2.05, 4.69) is 30.2 Å². The molecule has 11 heteroatoms. The Hall–Kier alpha value is -4.28. The summed E-state index contributed by atoms with van der Waals surface area (Å²) in [6, 6.07) is 5.55. The van der Waals surface area contributed by atoms with Gasteiger partial charge in [-0.3, -0.25) is 9.36 Å². The molecule has 5 rings (SSSR count). The summed E-state index contributed by atoms with van der Waals surface area (Å²) >= 11 is 0. The van der Waals surface area contributed by atoms with Crippen molar-refractivity contribution < 1.29 is 13.2 Å². The van der Waals surface area contributed by atoms with E-state index < -0.39 is 29.1 Å². The number of fused-ring (bicyclic) bond motifs is 2. The lowest BCUT2D eigenvalue weighted by Crippen LogP contribution is -2.28. The standard InChI is InChI=1S/C21H14F3N7O/c1-10(29-19-17-18(26-8-25-17)27-9-28-19)20-30-15-5-3-11(22)6-13(15)21(32)31(20)16-7-12(23)2-4-14(16)24/h2-10H,1H3,(H2,25,26,27,28,29)/t10-/m1/s1. The molecule has 160 valence electrons. The number of aromatic amines is 1. The lowest BCUT2D eigenvalue weighted by molar-refractivity contribution is 0.584. The van der Waals surface area contributed by atoms with Gasteiger partial charge in [-0.25, -0.2) is 33.1 Å². The summed E-state index contributed by atoms with van der Waals surface area (Å²) in [5.74, 6) is -1.81. The van der Waals surface area contributed by atoms with Crippen molar-refractivity contribution in [3.05, 3.63) is 82.7 Å². The van der Waals surface area contributed by atoms with Gasteiger partial charge in [-0.2, -0.15) is 0 Å². The van der Waals surface area contributed by atoms with Crippen LogP contribution in [0.5, 0.6) is 0 Å². The number of benzene rings is 2. The normalized spacial score (nSPS) is 12.4. The van der Waals surface area contributed by atoms with Crippen LogP contribution in [0.3, 0.4) is 0 Å². The van der Waals surface area contributed by atoms with E-state index >= 15 is 0 Å². The first kappa shape index (κ1) is 19.7. The van der Waals surface area contributed by atoms with Crippen molar-refractivity contribution in [2.75, 3.05) is 5.32 Å². The van der Waals surface area contributed by atoms with Crippen molar-refractivity contribution in [3.63, 3.8) is 0 Å². The number of aromatic nitrogens is 6. The SMILES string of the molecule is C[C@@H](Nc1ncnc2[nH]cnc12)c1nc2ccc(F)cc2c(=O)n1-c1cc(F)ccc1F. The van der Waals surface area contributed by atoms with Crippen LogP contribution in [0.2, 0.25) is 0 Å². The Bertz CT molecular complexity index is 1550. The molecule has 0 unspecified atom stereocenters. The molecule has 2 N–H and O–H groups in total. The second-order valence-electron chi connectivity index (χ2n) is 7.06. The molecule has 0 amide bonds. The predicted molar refractivity (Wildman–Crippen MR) is 111 cm³/mol. The van der Waals surface area contributed by atoms with Gasteiger partial charge < -0.3 is 10.3 Å². The molecular weight excluding hydrogens is 423 g/mol. The van der Waals surface area contributed by atoms with Crippen molar-refractivity contribution in [1.82, 2.24) is 29.5 Å². The third-order valence-corrected chi connectivity index (χ3v) is 4.96. The van der Waals surface area contributed by atoms with E-state index in [4.69, 9.17) is 0 Å². The van der Waals surface area contributed by atoms with Crippen molar-refractivity contribution in [2.45, 2.75) is 13.0 Å². The smallest absolute Gasteiger partial charge is 0.266 e. The Balaban J connectivity index is 1.74. The van der Waals surface area contributed by atoms with E-state index in [-0.39, 0.29) is 22.4 Å². The van der Waals surface area contributed by atoms with E-state index in [1.165, 1.54) is 24.8 Å². The van der Waals surface area contributed by atoms with Crippen LogP contribution >= 0.6 is 0 Å². The van der Waals surface area contributed by atoms with Crippen LogP contribution in [0.1, 0.15) is 18.8 Å². The van der Waals surface area contributed by atoms with Gasteiger partial charge in [0.15, 0.2) is 11.5 Å². The lowest BCUT2D eigenvalue weighted by atomic mass is 10.2. The van der Waals surface area contributed by atoms with Crippen LogP contribution in [-0.2, 0) is 0 Å². The van der Waals surface area contributed by atoms with E-state index in [1.807, 2.05) is 0 Å². The van der Waals surface area contributed by atoms with Crippen LogP contribution in [-0.4, -0.2) is 29.5 Å². The number of rotatable bonds is 4. The van der Waals surface area contributed by atoms with Crippen LogP contribution in [0.4, 0.5) is 19.0 Å². The number of nitrogens with one attached hydrogen (secondary N) is 2. The average molecular weight is 437 g/mol. The second kappa shape index (κ2) is 7.45. The number of nitrogens with zero attached hydrogens (tertiary/aromatic N) is 5. The molecule has 3 aromatic heterocycles. The zero-order chi connectivity index (χ0) is 22.4. The summed E-state index contributed by atoms with van der Waals surface area (Å²) in [7, 11) is 0. The molecule has 2 aromatic carbocycles. The highest BCUT2D eigenvalue weighted by molar-refractivity contribution is 5.82. The first-order valence-electron chi connectivity index (χ1n) is 9.50. The molecule has 0 bridgehead atoms. The van der Waals surface area contributed by atoms with Crippen LogP contribution in [0.25, 0.3) is 27.8 Å². The Morgan fingerprint density at radius 1 is 1.03 bits per heavy atom. The summed E-state index contributed by atoms with van der Waals surface area (Å²) < 4.78 is 43.4. The number of halogens is 3. The summed E-state index contributed by atoms with van der Waals surface area (Å²) in [6.07, 6.45) is 2.78. The minimum Gasteiger partial charge on any atom is -0.358 e. The maximum atomic E-state index is 14.7. The predicted octanol–water partition coefficient (Wildman–Crippen LogP) is 3.64. The molecule has 1 atom stereocenters. The number of anilines is 1. The number of H-pyrrole nitrogens is 1. The minimum absolute atomic E-state index is 0.0682. The molecule has 0 radical (unpaired) electrons. The Labute approximate surface area is 177 Å². The molecule has 32 heavy (non-hydrogen) atoms. The maximum Gasteiger partial charge on any atom is 0.266 e. The monoisotopic (exact) mass is 437 g/mol. The molecule has 0 aliphatic heterocycles. The maximum absolute atomic E-state index is 14.7. The number of hydrogen-bond acceptors (Lipinski definition) is 6. The fourth-order valence-electron chi connectivity index (χ4n) is 3.50. The summed E-state index contributed by atoms with van der Waals surface area (Å²) in [5, 5.41) is 3.02. The number of hydrogen-bond donors (Lipinski definition) is 2. The molecular formula is C21H14F3N7O. The van der Waals surface area contributed by atoms with Crippen LogP contribution < -0.4 is 10.9 Å². The Morgan fingerprint density at radius 3 is 2.66 bits per heavy atom. The summed E-state index contributed by atoms with van der Waals surface area (Å²) in [5.41, 5.74) is 0.0686. The summed E-state index contributed by atoms with van der Waals surface area (Å²) in [6.45, 7) is 1.67. The number of imidazole rings is 1. The van der Waals surface area contributed by atoms with Gasteiger partial charge in [-0.05, 0) is 37.3 Å². The third kappa shape index (κ3) is 3.23. The highest BCUT2D eigenvalue weighted by atomic mass is 19.1. The molecule has 5 aromatic rings. The fourth-order valence-corrected chi connectivity index (χ4v) is 3.50.